The molecule has 3 N–H and O–H groups in total. The molecule has 0 saturated carbocycles. The van der Waals surface area contributed by atoms with E-state index in [0.717, 1.165) is 19.7 Å². The van der Waals surface area contributed by atoms with Crippen LogP contribution in [0.25, 0.3) is 0 Å². The van der Waals surface area contributed by atoms with Crippen LogP contribution < -0.4 is 11.1 Å². The summed E-state index contributed by atoms with van der Waals surface area (Å²) in [6, 6.07) is 0.474. The minimum absolute atomic E-state index is 0.474. The number of nitrogens with two attached hydrogens (primary N) is 1. The quantitative estimate of drug-likeness (QED) is 0.533. The summed E-state index contributed by atoms with van der Waals surface area (Å²) in [7, 11) is 1.72. The predicted octanol–water partition coefficient (Wildman–Crippen LogP) is 1.13. The van der Waals surface area contributed by atoms with Gasteiger partial charge in [0.05, 0.1) is 6.61 Å². The normalized spacial score (nSPS) is 13.2. The summed E-state index contributed by atoms with van der Waals surface area (Å²) in [4.78, 5) is 0. The number of methoxy groups -OCH3 is 1. The van der Waals surface area contributed by atoms with Gasteiger partial charge in [0.25, 0.3) is 0 Å². The highest BCUT2D eigenvalue weighted by atomic mass is 16.5. The Kier molecular flexibility index (Phi) is 9.87. The van der Waals surface area contributed by atoms with Gasteiger partial charge in [-0.2, -0.15) is 0 Å². The molecule has 1 unspecified atom stereocenters. The van der Waals surface area contributed by atoms with E-state index in [-0.39, 0.29) is 0 Å². The van der Waals surface area contributed by atoms with E-state index in [1.807, 2.05) is 0 Å². The first-order chi connectivity index (χ1) is 6.35. The monoisotopic (exact) mass is 188 g/mol. The Balaban J connectivity index is 3.28. The van der Waals surface area contributed by atoms with Gasteiger partial charge in [0.15, 0.2) is 0 Å². The number of hydrogen-bond donors (Lipinski definition) is 2. The molecule has 0 heterocycles. The van der Waals surface area contributed by atoms with Crippen LogP contribution in [0.3, 0.4) is 0 Å². The Morgan fingerprint density at radius 1 is 1.38 bits per heavy atom. The minimum atomic E-state index is 0.474. The first-order valence-electron chi connectivity index (χ1n) is 5.27. The lowest BCUT2D eigenvalue weighted by molar-refractivity contribution is 0.195. The van der Waals surface area contributed by atoms with Crippen LogP contribution in [-0.2, 0) is 4.74 Å². The largest absolute Gasteiger partial charge is 0.383 e. The second-order valence-electron chi connectivity index (χ2n) is 3.38. The highest BCUT2D eigenvalue weighted by Crippen LogP contribution is 2.01. The first kappa shape index (κ1) is 12.9. The Morgan fingerprint density at radius 3 is 2.69 bits per heavy atom. The standard InChI is InChI=1S/C10H24N2O/c1-3-4-5-6-10(9-11)12-7-8-13-2/h10,12H,3-9,11H2,1-2H3. The summed E-state index contributed by atoms with van der Waals surface area (Å²) in [6.45, 7) is 4.62. The Hall–Kier alpha value is -0.120. The Labute approximate surface area is 82.0 Å². The summed E-state index contributed by atoms with van der Waals surface area (Å²) in [5, 5.41) is 3.38. The second-order valence-corrected chi connectivity index (χ2v) is 3.38. The molecule has 0 spiro atoms. The van der Waals surface area contributed by atoms with E-state index in [0.29, 0.717) is 6.04 Å². The molecular formula is C10H24N2O. The van der Waals surface area contributed by atoms with E-state index in [2.05, 4.69) is 12.2 Å². The van der Waals surface area contributed by atoms with Crippen LogP contribution in [-0.4, -0.2) is 32.8 Å². The summed E-state index contributed by atoms with van der Waals surface area (Å²) < 4.78 is 4.96. The maximum absolute atomic E-state index is 5.63. The molecule has 0 rings (SSSR count). The van der Waals surface area contributed by atoms with Gasteiger partial charge in [-0.15, -0.1) is 0 Å². The van der Waals surface area contributed by atoms with Gasteiger partial charge >= 0.3 is 0 Å². The van der Waals surface area contributed by atoms with Crippen LogP contribution in [0.2, 0.25) is 0 Å². The second kappa shape index (κ2) is 9.96. The van der Waals surface area contributed by atoms with Crippen molar-refractivity contribution in [2.45, 2.75) is 38.6 Å². The van der Waals surface area contributed by atoms with Gasteiger partial charge < -0.3 is 15.8 Å². The van der Waals surface area contributed by atoms with Crippen molar-refractivity contribution in [1.29, 1.82) is 0 Å². The summed E-state index contributed by atoms with van der Waals surface area (Å²) in [6.07, 6.45) is 5.05. The van der Waals surface area contributed by atoms with Gasteiger partial charge in [-0.05, 0) is 6.42 Å². The molecule has 0 saturated heterocycles. The molecule has 0 aliphatic carbocycles. The van der Waals surface area contributed by atoms with Crippen LogP contribution in [0.1, 0.15) is 32.6 Å². The average Bonchev–Trinajstić information content (AvgIpc) is 2.16. The van der Waals surface area contributed by atoms with Crippen LogP contribution in [0, 0.1) is 0 Å². The van der Waals surface area contributed by atoms with Crippen molar-refractivity contribution in [2.24, 2.45) is 5.73 Å². The molecule has 0 aliphatic heterocycles. The zero-order valence-corrected chi connectivity index (χ0v) is 9.01. The Bertz CT molecular complexity index is 88.9. The van der Waals surface area contributed by atoms with E-state index in [1.54, 1.807) is 7.11 Å². The highest BCUT2D eigenvalue weighted by molar-refractivity contribution is 4.66. The summed E-state index contributed by atoms with van der Waals surface area (Å²) in [5.41, 5.74) is 5.63. The first-order valence-corrected chi connectivity index (χ1v) is 5.27. The van der Waals surface area contributed by atoms with E-state index < -0.39 is 0 Å². The Morgan fingerprint density at radius 2 is 2.15 bits per heavy atom. The van der Waals surface area contributed by atoms with E-state index in [4.69, 9.17) is 10.5 Å². The van der Waals surface area contributed by atoms with Gasteiger partial charge in [-0.1, -0.05) is 26.2 Å². The SMILES string of the molecule is CCCCCC(CN)NCCOC. The molecule has 0 bridgehead atoms. The van der Waals surface area contributed by atoms with Gasteiger partial charge in [-0.3, -0.25) is 0 Å². The number of ether oxygens (including phenoxy) is 1. The molecular weight excluding hydrogens is 164 g/mol. The maximum atomic E-state index is 5.63. The number of nitrogens with one attached hydrogen (secondary N) is 1. The molecule has 0 amide bonds. The van der Waals surface area contributed by atoms with Gasteiger partial charge in [-0.25, -0.2) is 0 Å². The minimum Gasteiger partial charge on any atom is -0.383 e. The lowest BCUT2D eigenvalue weighted by Crippen LogP contribution is -2.37. The highest BCUT2D eigenvalue weighted by Gasteiger charge is 2.03. The average molecular weight is 188 g/mol. The third-order valence-corrected chi connectivity index (χ3v) is 2.18. The fraction of sp³-hybridized carbons (Fsp3) is 1.00. The molecule has 0 aromatic carbocycles. The molecule has 1 atom stereocenters. The summed E-state index contributed by atoms with van der Waals surface area (Å²) >= 11 is 0. The number of unbranched alkanes of at least 4 members (excludes halogenated alkanes) is 2. The van der Waals surface area contributed by atoms with Crippen molar-refractivity contribution < 1.29 is 4.74 Å². The third kappa shape index (κ3) is 8.22. The third-order valence-electron chi connectivity index (χ3n) is 2.18. The fourth-order valence-electron chi connectivity index (χ4n) is 1.31. The molecule has 0 radical (unpaired) electrons. The van der Waals surface area contributed by atoms with Crippen molar-refractivity contribution in [1.82, 2.24) is 5.32 Å². The molecule has 0 fully saturated rings. The smallest absolute Gasteiger partial charge is 0.0587 e. The van der Waals surface area contributed by atoms with Crippen molar-refractivity contribution in [2.75, 3.05) is 26.8 Å². The number of hydrogen-bond acceptors (Lipinski definition) is 3. The van der Waals surface area contributed by atoms with Crippen molar-refractivity contribution in [3.05, 3.63) is 0 Å². The van der Waals surface area contributed by atoms with Crippen LogP contribution >= 0.6 is 0 Å². The summed E-state index contributed by atoms with van der Waals surface area (Å²) in [5.74, 6) is 0. The van der Waals surface area contributed by atoms with Crippen molar-refractivity contribution >= 4 is 0 Å². The van der Waals surface area contributed by atoms with Crippen LogP contribution in [0.4, 0.5) is 0 Å². The molecule has 3 heteroatoms. The maximum Gasteiger partial charge on any atom is 0.0587 e. The van der Waals surface area contributed by atoms with E-state index in [1.165, 1.54) is 25.7 Å². The predicted molar refractivity (Wildman–Crippen MR) is 56.9 cm³/mol. The zero-order chi connectivity index (χ0) is 9.94. The topological polar surface area (TPSA) is 47.3 Å². The zero-order valence-electron chi connectivity index (χ0n) is 9.01. The molecule has 0 aromatic rings. The molecule has 80 valence electrons. The van der Waals surface area contributed by atoms with E-state index in [9.17, 15) is 0 Å². The molecule has 0 aromatic heterocycles. The lowest BCUT2D eigenvalue weighted by atomic mass is 10.1. The van der Waals surface area contributed by atoms with Crippen LogP contribution in [0.15, 0.2) is 0 Å². The molecule has 0 aliphatic rings. The molecule has 3 nitrogen and oxygen atoms in total. The van der Waals surface area contributed by atoms with Gasteiger partial charge in [0, 0.05) is 26.2 Å². The lowest BCUT2D eigenvalue weighted by Gasteiger charge is -2.15. The van der Waals surface area contributed by atoms with Gasteiger partial charge in [0.1, 0.15) is 0 Å². The van der Waals surface area contributed by atoms with E-state index >= 15 is 0 Å². The van der Waals surface area contributed by atoms with Gasteiger partial charge in [0.2, 0.25) is 0 Å². The van der Waals surface area contributed by atoms with Crippen molar-refractivity contribution in [3.8, 4) is 0 Å². The fourth-order valence-corrected chi connectivity index (χ4v) is 1.31. The van der Waals surface area contributed by atoms with Crippen molar-refractivity contribution in [3.63, 3.8) is 0 Å². The molecule has 13 heavy (non-hydrogen) atoms. The van der Waals surface area contributed by atoms with Crippen LogP contribution in [0.5, 0.6) is 0 Å². The number of rotatable bonds is 9.